The van der Waals surface area contributed by atoms with E-state index in [9.17, 15) is 19.5 Å². The van der Waals surface area contributed by atoms with Crippen LogP contribution in [0.2, 0.25) is 0 Å². The Balaban J connectivity index is 1.45. The van der Waals surface area contributed by atoms with E-state index in [1.807, 2.05) is 51.1 Å². The summed E-state index contributed by atoms with van der Waals surface area (Å²) in [5, 5.41) is 18.4. The van der Waals surface area contributed by atoms with E-state index in [-0.39, 0.29) is 24.0 Å². The highest BCUT2D eigenvalue weighted by Gasteiger charge is 2.31. The van der Waals surface area contributed by atoms with Gasteiger partial charge in [0, 0.05) is 5.69 Å². The number of anilines is 2. The number of fused-ring (bicyclic) bond motifs is 1. The quantitative estimate of drug-likeness (QED) is 0.266. The third-order valence-corrected chi connectivity index (χ3v) is 7.81. The fourth-order valence-electron chi connectivity index (χ4n) is 5.81. The number of hydrogen-bond donors (Lipinski definition) is 4. The number of carbonyl (C=O) groups excluding carboxylic acids is 2. The molecule has 0 unspecified atom stereocenters. The van der Waals surface area contributed by atoms with Crippen LogP contribution in [0.5, 0.6) is 11.5 Å². The monoisotopic (exact) mass is 557 g/mol. The van der Waals surface area contributed by atoms with Crippen molar-refractivity contribution in [2.45, 2.75) is 58.9 Å². The summed E-state index contributed by atoms with van der Waals surface area (Å²) in [7, 11) is 0. The fourth-order valence-corrected chi connectivity index (χ4v) is 5.81. The Hall–Kier alpha value is -4.53. The minimum Gasteiger partial charge on any atom is -0.480 e. The number of amides is 3. The maximum absolute atomic E-state index is 13.5. The Bertz CT molecular complexity index is 1470. The molecule has 9 heteroatoms. The number of rotatable bonds is 7. The number of benzene rings is 3. The van der Waals surface area contributed by atoms with Crippen molar-refractivity contribution < 1.29 is 29.0 Å². The number of ether oxygens (including phenoxy) is 2. The van der Waals surface area contributed by atoms with Crippen LogP contribution in [0, 0.1) is 26.7 Å². The summed E-state index contributed by atoms with van der Waals surface area (Å²) in [6.45, 7) is 5.99. The summed E-state index contributed by atoms with van der Waals surface area (Å²) in [6, 6.07) is 13.0. The average molecular weight is 558 g/mol. The van der Waals surface area contributed by atoms with Gasteiger partial charge in [-0.2, -0.15) is 0 Å². The van der Waals surface area contributed by atoms with Crippen LogP contribution in [0.4, 0.5) is 16.2 Å². The summed E-state index contributed by atoms with van der Waals surface area (Å²) < 4.78 is 10.9. The highest BCUT2D eigenvalue weighted by atomic mass is 16.7. The highest BCUT2D eigenvalue weighted by Crippen LogP contribution is 2.37. The molecule has 0 aromatic heterocycles. The van der Waals surface area contributed by atoms with Crippen LogP contribution in [-0.4, -0.2) is 35.8 Å². The van der Waals surface area contributed by atoms with E-state index >= 15 is 0 Å². The minimum atomic E-state index is -1.06. The number of carboxylic acids is 1. The number of aliphatic carboxylic acids is 1. The van der Waals surface area contributed by atoms with Gasteiger partial charge in [-0.05, 0) is 86.1 Å². The summed E-state index contributed by atoms with van der Waals surface area (Å²) in [5.74, 6) is -0.490. The van der Waals surface area contributed by atoms with Crippen molar-refractivity contribution in [2.75, 3.05) is 17.4 Å². The molecule has 9 nitrogen and oxygen atoms in total. The zero-order valence-corrected chi connectivity index (χ0v) is 23.5. The molecule has 4 N–H and O–H groups in total. The van der Waals surface area contributed by atoms with Gasteiger partial charge in [0.2, 0.25) is 6.79 Å². The lowest BCUT2D eigenvalue weighted by Crippen LogP contribution is -2.46. The number of carbonyl (C=O) groups is 3. The van der Waals surface area contributed by atoms with Gasteiger partial charge in [0.1, 0.15) is 6.04 Å². The molecule has 1 aliphatic heterocycles. The Kier molecular flexibility index (Phi) is 8.14. The third kappa shape index (κ3) is 6.29. The molecular formula is C32H35N3O6. The number of urea groups is 1. The third-order valence-electron chi connectivity index (χ3n) is 7.81. The predicted octanol–water partition coefficient (Wildman–Crippen LogP) is 6.41. The molecule has 0 saturated heterocycles. The first-order valence-electron chi connectivity index (χ1n) is 13.9. The van der Waals surface area contributed by atoms with E-state index in [4.69, 9.17) is 9.47 Å². The van der Waals surface area contributed by atoms with E-state index < -0.39 is 23.9 Å². The number of carboxylic acid groups (broad SMARTS) is 1. The summed E-state index contributed by atoms with van der Waals surface area (Å²) in [6.07, 6.45) is 4.46. The van der Waals surface area contributed by atoms with Crippen molar-refractivity contribution >= 4 is 29.3 Å². The summed E-state index contributed by atoms with van der Waals surface area (Å²) in [4.78, 5) is 38.9. The molecule has 1 saturated carbocycles. The van der Waals surface area contributed by atoms with Gasteiger partial charge in [0.05, 0.1) is 11.3 Å². The second kappa shape index (κ2) is 11.9. The van der Waals surface area contributed by atoms with Gasteiger partial charge in [-0.1, -0.05) is 49.1 Å². The molecule has 1 aliphatic carbocycles. The zero-order chi connectivity index (χ0) is 29.1. The van der Waals surface area contributed by atoms with Crippen LogP contribution in [0.15, 0.2) is 48.5 Å². The van der Waals surface area contributed by atoms with Crippen molar-refractivity contribution in [1.82, 2.24) is 5.32 Å². The van der Waals surface area contributed by atoms with Gasteiger partial charge < -0.3 is 30.5 Å². The largest absolute Gasteiger partial charge is 0.480 e. The first-order valence-corrected chi connectivity index (χ1v) is 13.9. The Labute approximate surface area is 239 Å². The van der Waals surface area contributed by atoms with E-state index in [0.717, 1.165) is 59.9 Å². The Morgan fingerprint density at radius 2 is 1.49 bits per heavy atom. The van der Waals surface area contributed by atoms with Crippen LogP contribution >= 0.6 is 0 Å². The van der Waals surface area contributed by atoms with E-state index in [1.165, 1.54) is 0 Å². The number of nitrogens with one attached hydrogen (secondary N) is 3. The van der Waals surface area contributed by atoms with Crippen molar-refractivity contribution in [1.29, 1.82) is 0 Å². The maximum Gasteiger partial charge on any atom is 0.326 e. The van der Waals surface area contributed by atoms with Crippen molar-refractivity contribution in [3.05, 3.63) is 70.8 Å². The summed E-state index contributed by atoms with van der Waals surface area (Å²) >= 11 is 0. The van der Waals surface area contributed by atoms with Crippen molar-refractivity contribution in [3.8, 4) is 22.6 Å². The molecule has 214 valence electrons. The van der Waals surface area contributed by atoms with Crippen LogP contribution in [0.25, 0.3) is 11.1 Å². The number of aryl methyl sites for hydroxylation is 3. The van der Waals surface area contributed by atoms with Gasteiger partial charge in [0.15, 0.2) is 11.5 Å². The molecule has 1 atom stereocenters. The Morgan fingerprint density at radius 3 is 2.20 bits per heavy atom. The lowest BCUT2D eigenvalue weighted by molar-refractivity contribution is -0.141. The topological polar surface area (TPSA) is 126 Å². The maximum atomic E-state index is 13.5. The first-order chi connectivity index (χ1) is 19.7. The standard InChI is InChI=1S/C32H35N3O6/c1-18-13-19(2)28(20(3)14-18)35-32(39)33-25-15-22(23-10-12-26-27(16-23)41-17-40-26)9-11-24(25)30(36)34-29(31(37)38)21-7-5-4-6-8-21/h9-16,21,29H,4-8,17H2,1-3H3,(H,34,36)(H,37,38)(H2,33,35,39)/t29-/m0/s1. The molecule has 3 aromatic carbocycles. The average Bonchev–Trinajstić information content (AvgIpc) is 3.42. The molecule has 1 heterocycles. The molecule has 3 amide bonds. The fraction of sp³-hybridized carbons (Fsp3) is 0.344. The van der Waals surface area contributed by atoms with Crippen molar-refractivity contribution in [3.63, 3.8) is 0 Å². The van der Waals surface area contributed by atoms with Crippen LogP contribution in [-0.2, 0) is 4.79 Å². The normalized spacial score (nSPS) is 15.2. The van der Waals surface area contributed by atoms with Gasteiger partial charge >= 0.3 is 12.0 Å². The first kappa shape index (κ1) is 28.0. The molecule has 1 fully saturated rings. The molecule has 0 bridgehead atoms. The lowest BCUT2D eigenvalue weighted by atomic mass is 9.83. The molecule has 41 heavy (non-hydrogen) atoms. The molecule has 0 spiro atoms. The van der Waals surface area contributed by atoms with Gasteiger partial charge in [-0.3, -0.25) is 4.79 Å². The molecular weight excluding hydrogens is 522 g/mol. The second-order valence-corrected chi connectivity index (χ2v) is 10.9. The van der Waals surface area contributed by atoms with E-state index in [1.54, 1.807) is 18.2 Å². The van der Waals surface area contributed by atoms with E-state index in [2.05, 4.69) is 16.0 Å². The Morgan fingerprint density at radius 1 is 0.829 bits per heavy atom. The summed E-state index contributed by atoms with van der Waals surface area (Å²) in [5.41, 5.74) is 5.58. The lowest BCUT2D eigenvalue weighted by Gasteiger charge is -2.28. The van der Waals surface area contributed by atoms with Crippen LogP contribution < -0.4 is 25.4 Å². The number of hydrogen-bond acceptors (Lipinski definition) is 5. The van der Waals surface area contributed by atoms with Gasteiger partial charge in [0.25, 0.3) is 5.91 Å². The van der Waals surface area contributed by atoms with Gasteiger partial charge in [-0.25, -0.2) is 9.59 Å². The zero-order valence-electron chi connectivity index (χ0n) is 23.5. The van der Waals surface area contributed by atoms with Gasteiger partial charge in [-0.15, -0.1) is 0 Å². The molecule has 2 aliphatic rings. The van der Waals surface area contributed by atoms with Crippen molar-refractivity contribution in [2.24, 2.45) is 5.92 Å². The molecule has 5 rings (SSSR count). The van der Waals surface area contributed by atoms with Crippen LogP contribution in [0.1, 0.15) is 59.2 Å². The van der Waals surface area contributed by atoms with Crippen LogP contribution in [0.3, 0.4) is 0 Å². The molecule has 0 radical (unpaired) electrons. The minimum absolute atomic E-state index is 0.134. The second-order valence-electron chi connectivity index (χ2n) is 10.9. The highest BCUT2D eigenvalue weighted by molar-refractivity contribution is 6.08. The predicted molar refractivity (Wildman–Crippen MR) is 157 cm³/mol. The smallest absolute Gasteiger partial charge is 0.326 e. The SMILES string of the molecule is Cc1cc(C)c(NC(=O)Nc2cc(-c3ccc4c(c3)OCO4)ccc2C(=O)N[C@H](C(=O)O)C2CCCCC2)c(C)c1. The molecule has 3 aromatic rings. The van der Waals surface area contributed by atoms with E-state index in [0.29, 0.717) is 17.2 Å².